The van der Waals surface area contributed by atoms with E-state index in [1.807, 2.05) is 50.5 Å². The van der Waals surface area contributed by atoms with Crippen LogP contribution in [0.4, 0.5) is 5.69 Å². The highest BCUT2D eigenvalue weighted by Gasteiger charge is 2.07. The summed E-state index contributed by atoms with van der Waals surface area (Å²) in [5.74, 6) is 0. The molecule has 2 aromatic carbocycles. The molecule has 2 heteroatoms. The molecule has 0 N–H and O–H groups in total. The average molecular weight is 237 g/mol. The van der Waals surface area contributed by atoms with Crippen molar-refractivity contribution in [3.8, 4) is 0 Å². The van der Waals surface area contributed by atoms with Crippen LogP contribution in [0.1, 0.15) is 6.92 Å². The van der Waals surface area contributed by atoms with Crippen LogP contribution in [0.2, 0.25) is 0 Å². The summed E-state index contributed by atoms with van der Waals surface area (Å²) in [6.07, 6.45) is 4.07. The van der Waals surface area contributed by atoms with Gasteiger partial charge in [0.1, 0.15) is 11.2 Å². The van der Waals surface area contributed by atoms with Gasteiger partial charge in [-0.05, 0) is 37.4 Å². The molecule has 2 nitrogen and oxygen atoms in total. The van der Waals surface area contributed by atoms with Crippen molar-refractivity contribution in [2.24, 2.45) is 0 Å². The van der Waals surface area contributed by atoms with Gasteiger partial charge in [0.25, 0.3) is 0 Å². The van der Waals surface area contributed by atoms with E-state index in [1.54, 1.807) is 0 Å². The van der Waals surface area contributed by atoms with E-state index in [9.17, 15) is 0 Å². The van der Waals surface area contributed by atoms with Crippen molar-refractivity contribution in [2.45, 2.75) is 6.92 Å². The smallest absolute Gasteiger partial charge is 0.135 e. The van der Waals surface area contributed by atoms with Crippen molar-refractivity contribution in [3.05, 3.63) is 54.7 Å². The monoisotopic (exact) mass is 237 g/mol. The molecule has 0 aliphatic rings. The van der Waals surface area contributed by atoms with E-state index >= 15 is 0 Å². The Morgan fingerprint density at radius 1 is 1.00 bits per heavy atom. The number of benzene rings is 2. The maximum absolute atomic E-state index is 5.81. The Hall–Kier alpha value is -2.22. The minimum atomic E-state index is 0.939. The Labute approximate surface area is 106 Å². The molecule has 0 radical (unpaired) electrons. The zero-order chi connectivity index (χ0) is 12.5. The van der Waals surface area contributed by atoms with E-state index in [2.05, 4.69) is 23.1 Å². The zero-order valence-corrected chi connectivity index (χ0v) is 10.6. The summed E-state index contributed by atoms with van der Waals surface area (Å²) in [7, 11) is 2.05. The van der Waals surface area contributed by atoms with Gasteiger partial charge in [-0.3, -0.25) is 0 Å². The zero-order valence-electron chi connectivity index (χ0n) is 10.6. The van der Waals surface area contributed by atoms with Gasteiger partial charge in [-0.1, -0.05) is 24.3 Å². The van der Waals surface area contributed by atoms with Gasteiger partial charge < -0.3 is 9.32 Å². The van der Waals surface area contributed by atoms with Gasteiger partial charge in [-0.15, -0.1) is 0 Å². The van der Waals surface area contributed by atoms with E-state index in [0.717, 1.165) is 16.9 Å². The van der Waals surface area contributed by atoms with Crippen molar-refractivity contribution < 1.29 is 4.42 Å². The summed E-state index contributed by atoms with van der Waals surface area (Å²) in [5.41, 5.74) is 3.04. The lowest BCUT2D eigenvalue weighted by atomic mass is 10.1. The second-order valence-electron chi connectivity index (χ2n) is 4.37. The summed E-state index contributed by atoms with van der Waals surface area (Å²) in [6, 6.07) is 14.4. The molecule has 0 aliphatic carbocycles. The number of nitrogens with zero attached hydrogens (tertiary/aromatic N) is 1. The van der Waals surface area contributed by atoms with Crippen molar-refractivity contribution in [2.75, 3.05) is 11.9 Å². The van der Waals surface area contributed by atoms with Gasteiger partial charge >= 0.3 is 0 Å². The fraction of sp³-hybridized carbons (Fsp3) is 0.125. The van der Waals surface area contributed by atoms with Gasteiger partial charge in [0.2, 0.25) is 0 Å². The fourth-order valence-corrected chi connectivity index (χ4v) is 2.24. The third-order valence-corrected chi connectivity index (χ3v) is 3.14. The average Bonchev–Trinajstić information content (AvgIpc) is 2.76. The Morgan fingerprint density at radius 3 is 2.61 bits per heavy atom. The number of furan rings is 1. The lowest BCUT2D eigenvalue weighted by Crippen LogP contribution is -2.06. The van der Waals surface area contributed by atoms with Crippen LogP contribution in [0.25, 0.3) is 21.9 Å². The van der Waals surface area contributed by atoms with E-state index in [1.165, 1.54) is 10.8 Å². The van der Waals surface area contributed by atoms with E-state index in [-0.39, 0.29) is 0 Å². The fourth-order valence-electron chi connectivity index (χ4n) is 2.24. The van der Waals surface area contributed by atoms with Crippen LogP contribution in [-0.4, -0.2) is 7.05 Å². The molecule has 0 saturated heterocycles. The molecular formula is C16H15NO. The van der Waals surface area contributed by atoms with Gasteiger partial charge in [0, 0.05) is 23.5 Å². The number of hydrogen-bond acceptors (Lipinski definition) is 2. The quantitative estimate of drug-likeness (QED) is 0.649. The summed E-state index contributed by atoms with van der Waals surface area (Å²) < 4.78 is 5.81. The number of hydrogen-bond donors (Lipinski definition) is 0. The van der Waals surface area contributed by atoms with Gasteiger partial charge in [0.15, 0.2) is 0 Å². The van der Waals surface area contributed by atoms with Crippen LogP contribution < -0.4 is 4.90 Å². The van der Waals surface area contributed by atoms with Crippen LogP contribution in [0.15, 0.2) is 59.2 Å². The molecule has 0 spiro atoms. The maximum Gasteiger partial charge on any atom is 0.135 e. The first kappa shape index (κ1) is 10.9. The van der Waals surface area contributed by atoms with Crippen LogP contribution >= 0.6 is 0 Å². The largest absolute Gasteiger partial charge is 0.456 e. The molecule has 0 saturated carbocycles. The highest BCUT2D eigenvalue weighted by Crippen LogP contribution is 2.31. The van der Waals surface area contributed by atoms with Crippen LogP contribution in [0.5, 0.6) is 0 Å². The molecule has 0 unspecified atom stereocenters. The number of allylic oxidation sites excluding steroid dienone is 1. The highest BCUT2D eigenvalue weighted by atomic mass is 16.3. The summed E-state index contributed by atoms with van der Waals surface area (Å²) in [6.45, 7) is 2.02. The Balaban J connectivity index is 2.24. The lowest BCUT2D eigenvalue weighted by Gasteiger charge is -2.13. The van der Waals surface area contributed by atoms with Crippen LogP contribution in [0.3, 0.4) is 0 Å². The Morgan fingerprint density at radius 2 is 1.78 bits per heavy atom. The third kappa shape index (κ3) is 1.66. The number of para-hydroxylation sites is 1. The second-order valence-corrected chi connectivity index (χ2v) is 4.37. The molecule has 1 aromatic heterocycles. The SMILES string of the molecule is C/C=C/N(C)c1ccc2oc3ccccc3c2c1. The molecule has 3 rings (SSSR count). The lowest BCUT2D eigenvalue weighted by molar-refractivity contribution is 0.669. The summed E-state index contributed by atoms with van der Waals surface area (Å²) in [5, 5.41) is 2.34. The second kappa shape index (κ2) is 4.22. The van der Waals surface area contributed by atoms with E-state index in [0.29, 0.717) is 0 Å². The van der Waals surface area contributed by atoms with Crippen molar-refractivity contribution in [1.29, 1.82) is 0 Å². The van der Waals surface area contributed by atoms with Crippen molar-refractivity contribution in [1.82, 2.24) is 0 Å². The van der Waals surface area contributed by atoms with Gasteiger partial charge in [0.05, 0.1) is 0 Å². The first-order valence-electron chi connectivity index (χ1n) is 6.06. The number of fused-ring (bicyclic) bond motifs is 3. The van der Waals surface area contributed by atoms with Crippen LogP contribution in [0, 0.1) is 0 Å². The molecular weight excluding hydrogens is 222 g/mol. The first-order valence-corrected chi connectivity index (χ1v) is 6.06. The number of anilines is 1. The summed E-state index contributed by atoms with van der Waals surface area (Å²) in [4.78, 5) is 2.10. The molecule has 1 heterocycles. The van der Waals surface area contributed by atoms with Crippen molar-refractivity contribution >= 4 is 27.6 Å². The maximum atomic E-state index is 5.81. The highest BCUT2D eigenvalue weighted by molar-refractivity contribution is 6.05. The van der Waals surface area contributed by atoms with Crippen molar-refractivity contribution in [3.63, 3.8) is 0 Å². The minimum Gasteiger partial charge on any atom is -0.456 e. The molecule has 0 aliphatic heterocycles. The van der Waals surface area contributed by atoms with E-state index in [4.69, 9.17) is 4.42 Å². The molecule has 3 aromatic rings. The normalized spacial score (nSPS) is 11.7. The Kier molecular flexibility index (Phi) is 2.56. The Bertz CT molecular complexity index is 724. The minimum absolute atomic E-state index is 0.939. The molecule has 90 valence electrons. The summed E-state index contributed by atoms with van der Waals surface area (Å²) >= 11 is 0. The molecule has 0 amide bonds. The predicted molar refractivity (Wildman–Crippen MR) is 76.9 cm³/mol. The molecule has 18 heavy (non-hydrogen) atoms. The predicted octanol–water partition coefficient (Wildman–Crippen LogP) is 4.56. The number of rotatable bonds is 2. The van der Waals surface area contributed by atoms with E-state index < -0.39 is 0 Å². The standard InChI is InChI=1S/C16H15NO/c1-3-10-17(2)12-8-9-16-14(11-12)13-6-4-5-7-15(13)18-16/h3-11H,1-2H3/b10-3+. The third-order valence-electron chi connectivity index (χ3n) is 3.14. The van der Waals surface area contributed by atoms with Gasteiger partial charge in [-0.25, -0.2) is 0 Å². The van der Waals surface area contributed by atoms with Gasteiger partial charge in [-0.2, -0.15) is 0 Å². The molecule has 0 bridgehead atoms. The topological polar surface area (TPSA) is 16.4 Å². The van der Waals surface area contributed by atoms with Crippen LogP contribution in [-0.2, 0) is 0 Å². The molecule has 0 fully saturated rings. The first-order chi connectivity index (χ1) is 8.79. The molecule has 0 atom stereocenters.